The fourth-order valence-corrected chi connectivity index (χ4v) is 3.73. The number of nitrogens with zero attached hydrogens (tertiary/aromatic N) is 2. The minimum absolute atomic E-state index is 0.0282. The van der Waals surface area contributed by atoms with Gasteiger partial charge in [0.05, 0.1) is 5.69 Å². The van der Waals surface area contributed by atoms with Crippen LogP contribution in [-0.2, 0) is 10.0 Å². The Hall–Kier alpha value is -1.45. The normalized spacial score (nSPS) is 11.4. The minimum Gasteiger partial charge on any atom is -0.396 e. The molecule has 0 fully saturated rings. The third-order valence-corrected chi connectivity index (χ3v) is 4.87. The van der Waals surface area contributed by atoms with E-state index in [9.17, 15) is 12.8 Å². The Morgan fingerprint density at radius 1 is 1.33 bits per heavy atom. The minimum atomic E-state index is -4.04. The summed E-state index contributed by atoms with van der Waals surface area (Å²) in [7, 11) is -4.04. The zero-order valence-corrected chi connectivity index (χ0v) is 13.7. The lowest BCUT2D eigenvalue weighted by molar-refractivity contribution is 0.599. The van der Waals surface area contributed by atoms with Crippen LogP contribution in [0, 0.1) is 12.7 Å². The average molecular weight is 396 g/mol. The van der Waals surface area contributed by atoms with Gasteiger partial charge in [-0.2, -0.15) is 0 Å². The zero-order chi connectivity index (χ0) is 15.8. The highest BCUT2D eigenvalue weighted by Crippen LogP contribution is 2.28. The number of hydrogen-bond donors (Lipinski definition) is 2. The first-order valence-electron chi connectivity index (χ1n) is 5.47. The molecule has 6 nitrogen and oxygen atoms in total. The molecule has 2 aromatic rings. The van der Waals surface area contributed by atoms with Crippen molar-refractivity contribution in [1.82, 2.24) is 9.97 Å². The van der Waals surface area contributed by atoms with Crippen LogP contribution in [0.4, 0.5) is 16.0 Å². The lowest BCUT2D eigenvalue weighted by Crippen LogP contribution is -2.16. The van der Waals surface area contributed by atoms with E-state index < -0.39 is 15.8 Å². The molecule has 0 saturated heterocycles. The van der Waals surface area contributed by atoms with Crippen LogP contribution in [0.5, 0.6) is 0 Å². The summed E-state index contributed by atoms with van der Waals surface area (Å²) in [5.74, 6) is -0.912. The Balaban J connectivity index is 2.45. The first-order chi connectivity index (χ1) is 9.69. The van der Waals surface area contributed by atoms with Crippen molar-refractivity contribution in [1.29, 1.82) is 0 Å². The maximum absolute atomic E-state index is 13.3. The number of halogens is 3. The predicted octanol–water partition coefficient (Wildman–Crippen LogP) is 2.72. The van der Waals surface area contributed by atoms with Gasteiger partial charge in [0.2, 0.25) is 5.95 Å². The summed E-state index contributed by atoms with van der Waals surface area (Å²) in [4.78, 5) is 7.43. The van der Waals surface area contributed by atoms with E-state index in [4.69, 9.17) is 17.3 Å². The van der Waals surface area contributed by atoms with Crippen LogP contribution in [0.25, 0.3) is 0 Å². The fraction of sp³-hybridized carbons (Fsp3) is 0.0909. The molecule has 0 saturated carbocycles. The van der Waals surface area contributed by atoms with Gasteiger partial charge in [0.25, 0.3) is 10.0 Å². The lowest BCUT2D eigenvalue weighted by atomic mass is 10.3. The summed E-state index contributed by atoms with van der Waals surface area (Å²) < 4.78 is 40.0. The van der Waals surface area contributed by atoms with Gasteiger partial charge in [-0.3, -0.25) is 0 Å². The standard InChI is InChI=1S/C11H9BrClFN4O2S/c1-5-2-10(13)17-11(16-5)18-21(19,20)9-4-8(15)7(14)3-6(9)12/h2-4H,15H2,1H3,(H,16,17,18). The Bertz CT molecular complexity index is 796. The number of benzene rings is 1. The van der Waals surface area contributed by atoms with Crippen molar-refractivity contribution in [3.63, 3.8) is 0 Å². The first-order valence-corrected chi connectivity index (χ1v) is 8.13. The second-order valence-corrected chi connectivity index (χ2v) is 6.96. The molecule has 21 heavy (non-hydrogen) atoms. The van der Waals surface area contributed by atoms with Crippen LogP contribution in [0.15, 0.2) is 27.6 Å². The quantitative estimate of drug-likeness (QED) is 0.615. The van der Waals surface area contributed by atoms with E-state index in [2.05, 4.69) is 30.6 Å². The van der Waals surface area contributed by atoms with Crippen molar-refractivity contribution in [2.75, 3.05) is 10.5 Å². The Kier molecular flexibility index (Phi) is 4.35. The second-order valence-electron chi connectivity index (χ2n) is 4.07. The van der Waals surface area contributed by atoms with E-state index >= 15 is 0 Å². The summed E-state index contributed by atoms with van der Waals surface area (Å²) >= 11 is 8.72. The van der Waals surface area contributed by atoms with Gasteiger partial charge in [0.15, 0.2) is 0 Å². The molecule has 0 atom stereocenters. The van der Waals surface area contributed by atoms with Crippen LogP contribution < -0.4 is 10.5 Å². The van der Waals surface area contributed by atoms with E-state index in [0.29, 0.717) is 5.69 Å². The van der Waals surface area contributed by atoms with E-state index in [-0.39, 0.29) is 26.2 Å². The van der Waals surface area contributed by atoms with Crippen molar-refractivity contribution >= 4 is 49.2 Å². The number of nitrogens with one attached hydrogen (secondary N) is 1. The SMILES string of the molecule is Cc1cc(Cl)nc(NS(=O)(=O)c2cc(N)c(F)cc2Br)n1. The molecular weight excluding hydrogens is 387 g/mol. The maximum atomic E-state index is 13.3. The van der Waals surface area contributed by atoms with Crippen molar-refractivity contribution in [2.24, 2.45) is 0 Å². The fourth-order valence-electron chi connectivity index (χ4n) is 1.50. The highest BCUT2D eigenvalue weighted by atomic mass is 79.9. The highest BCUT2D eigenvalue weighted by molar-refractivity contribution is 9.10. The van der Waals surface area contributed by atoms with Gasteiger partial charge < -0.3 is 5.73 Å². The van der Waals surface area contributed by atoms with Gasteiger partial charge in [0.1, 0.15) is 15.9 Å². The number of aromatic nitrogens is 2. The van der Waals surface area contributed by atoms with Crippen molar-refractivity contribution in [2.45, 2.75) is 11.8 Å². The molecule has 1 aromatic heterocycles. The molecule has 0 aliphatic rings. The molecule has 0 spiro atoms. The predicted molar refractivity (Wildman–Crippen MR) is 81.1 cm³/mol. The van der Waals surface area contributed by atoms with E-state index in [0.717, 1.165) is 12.1 Å². The van der Waals surface area contributed by atoms with Crippen LogP contribution in [0.1, 0.15) is 5.69 Å². The van der Waals surface area contributed by atoms with Crippen LogP contribution in [0.3, 0.4) is 0 Å². The van der Waals surface area contributed by atoms with Crippen molar-refractivity contribution < 1.29 is 12.8 Å². The summed E-state index contributed by atoms with van der Waals surface area (Å²) in [6, 6.07) is 3.44. The molecule has 0 aliphatic heterocycles. The third-order valence-electron chi connectivity index (χ3n) is 2.39. The van der Waals surface area contributed by atoms with Crippen LogP contribution >= 0.6 is 27.5 Å². The van der Waals surface area contributed by atoms with E-state index in [1.165, 1.54) is 6.07 Å². The molecule has 1 heterocycles. The molecule has 1 aromatic carbocycles. The monoisotopic (exact) mass is 394 g/mol. The topological polar surface area (TPSA) is 98.0 Å². The van der Waals surface area contributed by atoms with Gasteiger partial charge >= 0.3 is 0 Å². The van der Waals surface area contributed by atoms with Crippen molar-refractivity contribution in [3.8, 4) is 0 Å². The Morgan fingerprint density at radius 3 is 2.62 bits per heavy atom. The van der Waals surface area contributed by atoms with Crippen molar-refractivity contribution in [3.05, 3.63) is 39.3 Å². The summed E-state index contributed by atoms with van der Waals surface area (Å²) in [5.41, 5.74) is 5.59. The summed E-state index contributed by atoms with van der Waals surface area (Å²) in [5, 5.41) is 0.0953. The number of hydrogen-bond acceptors (Lipinski definition) is 5. The Morgan fingerprint density at radius 2 is 2.00 bits per heavy atom. The Labute approximate surface area is 133 Å². The molecule has 2 rings (SSSR count). The van der Waals surface area contributed by atoms with E-state index in [1.807, 2.05) is 0 Å². The molecule has 0 aliphatic carbocycles. The van der Waals surface area contributed by atoms with Crippen LogP contribution in [-0.4, -0.2) is 18.4 Å². The molecule has 0 radical (unpaired) electrons. The molecule has 0 unspecified atom stereocenters. The molecule has 3 N–H and O–H groups in total. The summed E-state index contributed by atoms with van der Waals surface area (Å²) in [6.45, 7) is 1.64. The molecule has 112 valence electrons. The van der Waals surface area contributed by atoms with Gasteiger partial charge in [-0.25, -0.2) is 27.5 Å². The van der Waals surface area contributed by atoms with E-state index in [1.54, 1.807) is 6.92 Å². The first kappa shape index (κ1) is 15.9. The second kappa shape index (κ2) is 5.74. The van der Waals surface area contributed by atoms with Gasteiger partial charge in [-0.05, 0) is 41.1 Å². The number of aryl methyl sites for hydroxylation is 1. The third kappa shape index (κ3) is 3.60. The smallest absolute Gasteiger partial charge is 0.265 e. The number of nitrogen functional groups attached to an aromatic ring is 1. The van der Waals surface area contributed by atoms with Crippen LogP contribution in [0.2, 0.25) is 5.15 Å². The van der Waals surface area contributed by atoms with Gasteiger partial charge in [-0.1, -0.05) is 11.6 Å². The maximum Gasteiger partial charge on any atom is 0.265 e. The molecule has 0 bridgehead atoms. The lowest BCUT2D eigenvalue weighted by Gasteiger charge is -2.10. The zero-order valence-electron chi connectivity index (χ0n) is 10.6. The van der Waals surface area contributed by atoms with Gasteiger partial charge in [0, 0.05) is 10.2 Å². The largest absolute Gasteiger partial charge is 0.396 e. The molecule has 10 heteroatoms. The molecular formula is C11H9BrClFN4O2S. The highest BCUT2D eigenvalue weighted by Gasteiger charge is 2.21. The van der Waals surface area contributed by atoms with Gasteiger partial charge in [-0.15, -0.1) is 0 Å². The number of rotatable bonds is 3. The number of sulfonamides is 1. The average Bonchev–Trinajstić information content (AvgIpc) is 2.31. The molecule has 0 amide bonds. The summed E-state index contributed by atoms with van der Waals surface area (Å²) in [6.07, 6.45) is 0. The number of anilines is 2. The number of nitrogens with two attached hydrogens (primary N) is 1.